The summed E-state index contributed by atoms with van der Waals surface area (Å²) in [6.45, 7) is 4.76. The fourth-order valence-electron chi connectivity index (χ4n) is 5.88. The lowest BCUT2D eigenvalue weighted by molar-refractivity contribution is -0.137. The van der Waals surface area contributed by atoms with E-state index in [0.717, 1.165) is 70.7 Å². The normalized spacial score (nSPS) is 24.0. The van der Waals surface area contributed by atoms with E-state index in [1.54, 1.807) is 0 Å². The van der Waals surface area contributed by atoms with E-state index < -0.39 is 17.6 Å². The van der Waals surface area contributed by atoms with Crippen LogP contribution in [0.25, 0.3) is 11.3 Å². The smallest absolute Gasteiger partial charge is 0.420 e. The average molecular weight is 495 g/mol. The maximum Gasteiger partial charge on any atom is 0.420 e. The van der Waals surface area contributed by atoms with Gasteiger partial charge in [0.1, 0.15) is 17.1 Å². The molecule has 3 fully saturated rings. The van der Waals surface area contributed by atoms with Crippen LogP contribution in [0.3, 0.4) is 0 Å². The molecule has 10 heteroatoms. The molecule has 5 rings (SSSR count). The molecule has 6 nitrogen and oxygen atoms in total. The van der Waals surface area contributed by atoms with Gasteiger partial charge in [0, 0.05) is 44.5 Å². The summed E-state index contributed by atoms with van der Waals surface area (Å²) in [6.07, 6.45) is -0.803. The number of hydrogen-bond acceptors (Lipinski definition) is 6. The second kappa shape index (κ2) is 9.89. The molecular weight excluding hydrogens is 464 g/mol. The minimum absolute atomic E-state index is 0.0832. The molecule has 3 heterocycles. The first kappa shape index (κ1) is 24.2. The zero-order chi connectivity index (χ0) is 24.6. The predicted octanol–water partition coefficient (Wildman–Crippen LogP) is 4.86. The van der Waals surface area contributed by atoms with Crippen molar-refractivity contribution in [3.05, 3.63) is 35.6 Å². The number of rotatable bonds is 6. The molecule has 2 saturated heterocycles. The number of halogens is 4. The number of aromatic nitrogens is 2. The lowest BCUT2D eigenvalue weighted by Crippen LogP contribution is -2.32. The van der Waals surface area contributed by atoms with Crippen molar-refractivity contribution in [2.45, 2.75) is 37.9 Å². The van der Waals surface area contributed by atoms with Crippen molar-refractivity contribution in [3.63, 3.8) is 0 Å². The molecule has 1 aromatic carbocycles. The van der Waals surface area contributed by atoms with E-state index in [0.29, 0.717) is 17.8 Å². The van der Waals surface area contributed by atoms with Crippen LogP contribution in [-0.4, -0.2) is 61.1 Å². The number of hydrogen-bond donors (Lipinski definition) is 1. The molecule has 190 valence electrons. The molecule has 3 aliphatic rings. The molecule has 0 spiro atoms. The summed E-state index contributed by atoms with van der Waals surface area (Å²) in [4.78, 5) is 2.52. The monoisotopic (exact) mass is 494 g/mol. The van der Waals surface area contributed by atoms with Crippen molar-refractivity contribution in [1.29, 1.82) is 0 Å². The number of benzene rings is 1. The molecule has 2 atom stereocenters. The first-order valence-electron chi connectivity index (χ1n) is 12.2. The topological polar surface area (TPSA) is 59.5 Å². The van der Waals surface area contributed by atoms with Crippen molar-refractivity contribution in [3.8, 4) is 17.0 Å². The number of alkyl halides is 3. The number of ether oxygens (including phenoxy) is 2. The molecule has 0 unspecified atom stereocenters. The molecule has 2 aliphatic heterocycles. The van der Waals surface area contributed by atoms with Gasteiger partial charge in [0.2, 0.25) is 0 Å². The number of methoxy groups -OCH3 is 1. The van der Waals surface area contributed by atoms with E-state index in [2.05, 4.69) is 20.4 Å². The highest BCUT2D eigenvalue weighted by Gasteiger charge is 2.43. The molecule has 0 amide bonds. The van der Waals surface area contributed by atoms with Crippen molar-refractivity contribution in [2.24, 2.45) is 17.8 Å². The van der Waals surface area contributed by atoms with Gasteiger partial charge in [0.15, 0.2) is 5.82 Å². The lowest BCUT2D eigenvalue weighted by atomic mass is 10.00. The highest BCUT2D eigenvalue weighted by molar-refractivity contribution is 5.69. The summed E-state index contributed by atoms with van der Waals surface area (Å²) in [5.41, 5.74) is -0.879. The number of nitrogens with one attached hydrogen (secondary N) is 1. The van der Waals surface area contributed by atoms with E-state index in [1.165, 1.54) is 19.2 Å². The summed E-state index contributed by atoms with van der Waals surface area (Å²) in [7, 11) is 1.37. The van der Waals surface area contributed by atoms with Gasteiger partial charge in [-0.2, -0.15) is 13.2 Å². The van der Waals surface area contributed by atoms with Crippen LogP contribution in [0.5, 0.6) is 5.75 Å². The fourth-order valence-corrected chi connectivity index (χ4v) is 5.88. The Kier molecular flexibility index (Phi) is 6.85. The Bertz CT molecular complexity index is 1030. The number of fused-ring (bicyclic) bond motifs is 1. The third-order valence-corrected chi connectivity index (χ3v) is 7.56. The predicted molar refractivity (Wildman–Crippen MR) is 123 cm³/mol. The van der Waals surface area contributed by atoms with Gasteiger partial charge in [0.05, 0.1) is 12.8 Å². The lowest BCUT2D eigenvalue weighted by Gasteiger charge is -2.28. The largest absolute Gasteiger partial charge is 0.496 e. The standard InChI is InChI=1S/C25H30F4N4O2/c1-34-23-3-2-18(26)10-20(23)22-11-21(25(27,28)29)24(32-31-22)30-19-8-16-13-33(14-17(16)9-19)12-15-4-6-35-7-5-15/h2-3,10-11,15-17,19H,4-9,12-14H2,1H3,(H,30,32)/t16-,17-/m1/s1. The number of anilines is 1. The van der Waals surface area contributed by atoms with Crippen LogP contribution < -0.4 is 10.1 Å². The highest BCUT2D eigenvalue weighted by atomic mass is 19.4. The van der Waals surface area contributed by atoms with Gasteiger partial charge < -0.3 is 19.7 Å². The fraction of sp³-hybridized carbons (Fsp3) is 0.600. The molecule has 1 N–H and O–H groups in total. The van der Waals surface area contributed by atoms with E-state index in [4.69, 9.17) is 9.47 Å². The van der Waals surface area contributed by atoms with Crippen molar-refractivity contribution >= 4 is 5.82 Å². The van der Waals surface area contributed by atoms with E-state index in [1.807, 2.05) is 0 Å². The number of likely N-dealkylation sites (tertiary alicyclic amines) is 1. The van der Waals surface area contributed by atoms with Crippen LogP contribution >= 0.6 is 0 Å². The van der Waals surface area contributed by atoms with Crippen LogP contribution in [0, 0.1) is 23.6 Å². The van der Waals surface area contributed by atoms with E-state index in [-0.39, 0.29) is 28.9 Å². The van der Waals surface area contributed by atoms with Gasteiger partial charge in [-0.05, 0) is 67.7 Å². The molecule has 1 aliphatic carbocycles. The summed E-state index contributed by atoms with van der Waals surface area (Å²) < 4.78 is 66.3. The first-order chi connectivity index (χ1) is 16.8. The Labute approximate surface area is 202 Å². The maximum absolute atomic E-state index is 14.0. The summed E-state index contributed by atoms with van der Waals surface area (Å²) >= 11 is 0. The maximum atomic E-state index is 14.0. The van der Waals surface area contributed by atoms with Gasteiger partial charge in [-0.25, -0.2) is 4.39 Å². The van der Waals surface area contributed by atoms with Crippen molar-refractivity contribution in [2.75, 3.05) is 45.3 Å². The van der Waals surface area contributed by atoms with Gasteiger partial charge in [0.25, 0.3) is 0 Å². The molecule has 1 saturated carbocycles. The van der Waals surface area contributed by atoms with Gasteiger partial charge >= 0.3 is 6.18 Å². The summed E-state index contributed by atoms with van der Waals surface area (Å²) in [6, 6.07) is 4.46. The van der Waals surface area contributed by atoms with E-state index in [9.17, 15) is 17.6 Å². The van der Waals surface area contributed by atoms with Crippen LogP contribution in [0.4, 0.5) is 23.4 Å². The molecule has 0 radical (unpaired) electrons. The Morgan fingerprint density at radius 1 is 1.09 bits per heavy atom. The average Bonchev–Trinajstić information content (AvgIpc) is 3.37. The van der Waals surface area contributed by atoms with Crippen LogP contribution in [0.15, 0.2) is 24.3 Å². The molecular formula is C25H30F4N4O2. The zero-order valence-corrected chi connectivity index (χ0v) is 19.7. The van der Waals surface area contributed by atoms with Crippen LogP contribution in [-0.2, 0) is 10.9 Å². The van der Waals surface area contributed by atoms with Crippen molar-refractivity contribution < 1.29 is 27.0 Å². The Morgan fingerprint density at radius 2 is 1.80 bits per heavy atom. The third kappa shape index (κ3) is 5.38. The SMILES string of the molecule is COc1ccc(F)cc1-c1cc(C(F)(F)F)c(NC2C[C@@H]3CN(CC4CCOCC4)C[C@H]3C2)nn1. The Morgan fingerprint density at radius 3 is 2.46 bits per heavy atom. The first-order valence-corrected chi connectivity index (χ1v) is 12.2. The Hall–Kier alpha value is -2.46. The Balaban J connectivity index is 1.28. The molecule has 2 aromatic rings. The second-order valence-corrected chi connectivity index (χ2v) is 9.94. The third-order valence-electron chi connectivity index (χ3n) is 7.56. The minimum atomic E-state index is -4.64. The van der Waals surface area contributed by atoms with Crippen molar-refractivity contribution in [1.82, 2.24) is 15.1 Å². The van der Waals surface area contributed by atoms with Gasteiger partial charge in [-0.3, -0.25) is 0 Å². The van der Waals surface area contributed by atoms with Gasteiger partial charge in [-0.1, -0.05) is 0 Å². The second-order valence-electron chi connectivity index (χ2n) is 9.94. The molecule has 35 heavy (non-hydrogen) atoms. The molecule has 1 aromatic heterocycles. The van der Waals surface area contributed by atoms with Crippen LogP contribution in [0.1, 0.15) is 31.2 Å². The zero-order valence-electron chi connectivity index (χ0n) is 19.7. The summed E-state index contributed by atoms with van der Waals surface area (Å²) in [5, 5.41) is 10.9. The minimum Gasteiger partial charge on any atom is -0.496 e. The quantitative estimate of drug-likeness (QED) is 0.579. The summed E-state index contributed by atoms with van der Waals surface area (Å²) in [5.74, 6) is 0.984. The highest BCUT2D eigenvalue weighted by Crippen LogP contribution is 2.42. The number of nitrogens with zero attached hydrogens (tertiary/aromatic N) is 3. The van der Waals surface area contributed by atoms with Crippen LogP contribution in [0.2, 0.25) is 0 Å². The van der Waals surface area contributed by atoms with Gasteiger partial charge in [-0.15, -0.1) is 10.2 Å². The molecule has 0 bridgehead atoms. The van der Waals surface area contributed by atoms with E-state index >= 15 is 0 Å².